The summed E-state index contributed by atoms with van der Waals surface area (Å²) >= 11 is 0. The van der Waals surface area contributed by atoms with Crippen molar-refractivity contribution in [3.05, 3.63) is 30.3 Å². The fourth-order valence-corrected chi connectivity index (χ4v) is 1.26. The largest absolute Gasteiger partial charge is 0.494 e. The van der Waals surface area contributed by atoms with Crippen LogP contribution in [0.1, 0.15) is 19.8 Å². The third-order valence-electron chi connectivity index (χ3n) is 2.06. The van der Waals surface area contributed by atoms with Crippen molar-refractivity contribution in [1.29, 1.82) is 0 Å². The average Bonchev–Trinajstić information content (AvgIpc) is 2.34. The zero-order chi connectivity index (χ0) is 11.5. The van der Waals surface area contributed by atoms with Gasteiger partial charge in [0.2, 0.25) is 0 Å². The summed E-state index contributed by atoms with van der Waals surface area (Å²) in [7, 11) is 0. The van der Waals surface area contributed by atoms with E-state index in [1.54, 1.807) is 0 Å². The van der Waals surface area contributed by atoms with E-state index >= 15 is 0 Å². The minimum atomic E-state index is 0.638. The van der Waals surface area contributed by atoms with Gasteiger partial charge in [-0.3, -0.25) is 5.32 Å². The molecule has 0 aliphatic rings. The van der Waals surface area contributed by atoms with Crippen molar-refractivity contribution in [3.63, 3.8) is 0 Å². The fraction of sp³-hybridized carbons (Fsp3) is 0.538. The molecular weight excluding hydrogens is 202 g/mol. The molecule has 0 aliphatic heterocycles. The maximum absolute atomic E-state index is 5.55. The van der Waals surface area contributed by atoms with Crippen LogP contribution in [0, 0.1) is 0 Å². The molecule has 1 rings (SSSR count). The van der Waals surface area contributed by atoms with E-state index < -0.39 is 0 Å². The molecule has 1 aromatic carbocycles. The van der Waals surface area contributed by atoms with Crippen molar-refractivity contribution < 1.29 is 9.47 Å². The number of hydrogen-bond donors (Lipinski definition) is 1. The van der Waals surface area contributed by atoms with Crippen LogP contribution in [0.25, 0.3) is 0 Å². The molecule has 0 aromatic heterocycles. The van der Waals surface area contributed by atoms with Gasteiger partial charge in [-0.05, 0) is 25.0 Å². The first-order chi connectivity index (χ1) is 7.93. The van der Waals surface area contributed by atoms with E-state index in [9.17, 15) is 0 Å². The van der Waals surface area contributed by atoms with E-state index in [2.05, 4.69) is 12.2 Å². The first-order valence-electron chi connectivity index (χ1n) is 5.90. The number of rotatable bonds is 9. The lowest BCUT2D eigenvalue weighted by atomic mass is 10.3. The molecule has 0 saturated heterocycles. The average molecular weight is 223 g/mol. The first kappa shape index (κ1) is 13.0. The molecule has 0 radical (unpaired) electrons. The molecule has 0 unspecified atom stereocenters. The molecule has 3 nitrogen and oxygen atoms in total. The number of hydrogen-bond acceptors (Lipinski definition) is 3. The predicted molar refractivity (Wildman–Crippen MR) is 65.7 cm³/mol. The van der Waals surface area contributed by atoms with E-state index in [-0.39, 0.29) is 0 Å². The van der Waals surface area contributed by atoms with Crippen LogP contribution in [0.15, 0.2) is 30.3 Å². The van der Waals surface area contributed by atoms with Gasteiger partial charge < -0.3 is 9.47 Å². The maximum Gasteiger partial charge on any atom is 0.119 e. The van der Waals surface area contributed by atoms with Gasteiger partial charge in [-0.1, -0.05) is 25.1 Å². The van der Waals surface area contributed by atoms with E-state index in [1.165, 1.54) is 0 Å². The van der Waals surface area contributed by atoms with Crippen LogP contribution in [0.3, 0.4) is 0 Å². The Morgan fingerprint density at radius 1 is 1.12 bits per heavy atom. The van der Waals surface area contributed by atoms with Crippen molar-refractivity contribution in [2.24, 2.45) is 0 Å². The van der Waals surface area contributed by atoms with Gasteiger partial charge in [0.05, 0.1) is 13.3 Å². The Kier molecular flexibility index (Phi) is 7.47. The molecule has 1 aromatic rings. The zero-order valence-electron chi connectivity index (χ0n) is 9.95. The van der Waals surface area contributed by atoms with Crippen LogP contribution in [-0.2, 0) is 4.74 Å². The van der Waals surface area contributed by atoms with Gasteiger partial charge in [-0.2, -0.15) is 0 Å². The summed E-state index contributed by atoms with van der Waals surface area (Å²) in [6, 6.07) is 9.88. The summed E-state index contributed by atoms with van der Waals surface area (Å²) < 4.78 is 10.8. The lowest BCUT2D eigenvalue weighted by Crippen LogP contribution is -2.21. The van der Waals surface area contributed by atoms with Crippen molar-refractivity contribution in [3.8, 4) is 5.75 Å². The van der Waals surface area contributed by atoms with Gasteiger partial charge in [0, 0.05) is 13.2 Å². The number of para-hydroxylation sites is 1. The monoisotopic (exact) mass is 223 g/mol. The van der Waals surface area contributed by atoms with Crippen LogP contribution >= 0.6 is 0 Å². The van der Waals surface area contributed by atoms with Gasteiger partial charge >= 0.3 is 0 Å². The molecule has 0 saturated carbocycles. The second kappa shape index (κ2) is 9.19. The van der Waals surface area contributed by atoms with E-state index in [0.29, 0.717) is 6.73 Å². The zero-order valence-corrected chi connectivity index (χ0v) is 9.95. The maximum atomic E-state index is 5.55. The molecule has 16 heavy (non-hydrogen) atoms. The number of nitrogens with one attached hydrogen (secondary N) is 1. The lowest BCUT2D eigenvalue weighted by molar-refractivity contribution is 0.116. The quantitative estimate of drug-likeness (QED) is 0.515. The van der Waals surface area contributed by atoms with E-state index in [0.717, 1.165) is 38.3 Å². The number of ether oxygens (including phenoxy) is 2. The summed E-state index contributed by atoms with van der Waals surface area (Å²) in [6.45, 7) is 5.24. The molecular formula is C13H21NO2. The van der Waals surface area contributed by atoms with Gasteiger partial charge in [-0.15, -0.1) is 0 Å². The normalized spacial score (nSPS) is 10.3. The molecule has 0 spiro atoms. The SMILES string of the molecule is CCCOCNCCCOc1ccccc1. The summed E-state index contributed by atoms with van der Waals surface area (Å²) in [5.74, 6) is 0.935. The van der Waals surface area contributed by atoms with Crippen molar-refractivity contribution in [2.75, 3.05) is 26.5 Å². The summed E-state index contributed by atoms with van der Waals surface area (Å²) in [6.07, 6.45) is 2.06. The van der Waals surface area contributed by atoms with Crippen LogP contribution in [0.4, 0.5) is 0 Å². The summed E-state index contributed by atoms with van der Waals surface area (Å²) in [5, 5.41) is 3.20. The van der Waals surface area contributed by atoms with E-state index in [4.69, 9.17) is 9.47 Å². The van der Waals surface area contributed by atoms with Crippen LogP contribution in [0.5, 0.6) is 5.75 Å². The third kappa shape index (κ3) is 6.43. The second-order valence-corrected chi connectivity index (χ2v) is 3.57. The molecule has 90 valence electrons. The summed E-state index contributed by atoms with van der Waals surface area (Å²) in [5.41, 5.74) is 0. The van der Waals surface area contributed by atoms with E-state index in [1.807, 2.05) is 30.3 Å². The Morgan fingerprint density at radius 2 is 1.94 bits per heavy atom. The Hall–Kier alpha value is -1.06. The first-order valence-corrected chi connectivity index (χ1v) is 5.90. The molecule has 0 heterocycles. The highest BCUT2D eigenvalue weighted by molar-refractivity contribution is 5.20. The second-order valence-electron chi connectivity index (χ2n) is 3.57. The Bertz CT molecular complexity index is 251. The van der Waals surface area contributed by atoms with Gasteiger partial charge in [0.1, 0.15) is 5.75 Å². The molecule has 0 bridgehead atoms. The number of benzene rings is 1. The van der Waals surface area contributed by atoms with Crippen molar-refractivity contribution in [2.45, 2.75) is 19.8 Å². The standard InChI is InChI=1S/C13H21NO2/c1-2-10-15-12-14-9-6-11-16-13-7-4-3-5-8-13/h3-5,7-8,14H,2,6,9-12H2,1H3. The molecule has 0 atom stereocenters. The predicted octanol–water partition coefficient (Wildman–Crippen LogP) is 2.43. The lowest BCUT2D eigenvalue weighted by Gasteiger charge is -2.07. The van der Waals surface area contributed by atoms with Crippen LogP contribution in [0.2, 0.25) is 0 Å². The van der Waals surface area contributed by atoms with Crippen molar-refractivity contribution >= 4 is 0 Å². The van der Waals surface area contributed by atoms with Crippen LogP contribution in [-0.4, -0.2) is 26.5 Å². The highest BCUT2D eigenvalue weighted by Crippen LogP contribution is 2.07. The Labute approximate surface area is 97.8 Å². The van der Waals surface area contributed by atoms with Gasteiger partial charge in [-0.25, -0.2) is 0 Å². The van der Waals surface area contributed by atoms with Crippen molar-refractivity contribution in [1.82, 2.24) is 5.32 Å². The highest BCUT2D eigenvalue weighted by Gasteiger charge is 1.91. The topological polar surface area (TPSA) is 30.5 Å². The Balaban J connectivity index is 1.89. The smallest absolute Gasteiger partial charge is 0.119 e. The Morgan fingerprint density at radius 3 is 2.69 bits per heavy atom. The molecule has 3 heteroatoms. The molecule has 0 fully saturated rings. The van der Waals surface area contributed by atoms with Gasteiger partial charge in [0.25, 0.3) is 0 Å². The van der Waals surface area contributed by atoms with Gasteiger partial charge in [0.15, 0.2) is 0 Å². The summed E-state index contributed by atoms with van der Waals surface area (Å²) in [4.78, 5) is 0. The minimum Gasteiger partial charge on any atom is -0.494 e. The fourth-order valence-electron chi connectivity index (χ4n) is 1.26. The highest BCUT2D eigenvalue weighted by atomic mass is 16.5. The third-order valence-corrected chi connectivity index (χ3v) is 2.06. The molecule has 1 N–H and O–H groups in total. The minimum absolute atomic E-state index is 0.638. The van der Waals surface area contributed by atoms with Crippen LogP contribution < -0.4 is 10.1 Å². The molecule has 0 aliphatic carbocycles. The molecule has 0 amide bonds.